The van der Waals surface area contributed by atoms with Gasteiger partial charge in [-0.1, -0.05) is 6.07 Å². The zero-order chi connectivity index (χ0) is 16.2. The van der Waals surface area contributed by atoms with E-state index in [-0.39, 0.29) is 17.6 Å². The third-order valence-corrected chi connectivity index (χ3v) is 4.71. The van der Waals surface area contributed by atoms with Crippen molar-refractivity contribution in [3.8, 4) is 0 Å². The van der Waals surface area contributed by atoms with Crippen LogP contribution in [0.4, 0.5) is 0 Å². The van der Waals surface area contributed by atoms with Crippen LogP contribution in [0, 0.1) is 6.92 Å². The summed E-state index contributed by atoms with van der Waals surface area (Å²) in [7, 11) is 0. The van der Waals surface area contributed by atoms with Gasteiger partial charge >= 0.3 is 0 Å². The minimum atomic E-state index is -0.373. The molecule has 0 radical (unpaired) electrons. The second-order valence-corrected chi connectivity index (χ2v) is 6.58. The third-order valence-electron chi connectivity index (χ3n) is 3.78. The molecule has 1 aliphatic rings. The molecule has 0 unspecified atom stereocenters. The number of ether oxygens (including phenoxy) is 1. The number of H-pyrrole nitrogens is 1. The van der Waals surface area contributed by atoms with Gasteiger partial charge in [0, 0.05) is 29.6 Å². The number of thiophene rings is 1. The molecule has 1 amide bonds. The number of nitrogens with zero attached hydrogens (tertiary/aromatic N) is 2. The summed E-state index contributed by atoms with van der Waals surface area (Å²) in [6.07, 6.45) is 0.880. The number of aromatic amines is 1. The van der Waals surface area contributed by atoms with Crippen molar-refractivity contribution >= 4 is 17.2 Å². The Morgan fingerprint density at radius 1 is 1.57 bits per heavy atom. The largest absolute Gasteiger partial charge is 0.367 e. The first kappa shape index (κ1) is 15.9. The molecule has 23 heavy (non-hydrogen) atoms. The summed E-state index contributed by atoms with van der Waals surface area (Å²) < 4.78 is 5.68. The summed E-state index contributed by atoms with van der Waals surface area (Å²) >= 11 is 1.67. The van der Waals surface area contributed by atoms with Crippen molar-refractivity contribution in [2.24, 2.45) is 0 Å². The molecule has 1 N–H and O–H groups in total. The van der Waals surface area contributed by atoms with Crippen LogP contribution >= 0.6 is 11.3 Å². The van der Waals surface area contributed by atoms with Crippen molar-refractivity contribution < 1.29 is 9.53 Å². The maximum atomic E-state index is 12.4. The number of rotatable bonds is 4. The van der Waals surface area contributed by atoms with E-state index in [9.17, 15) is 9.59 Å². The van der Waals surface area contributed by atoms with Gasteiger partial charge in [0.1, 0.15) is 11.9 Å². The molecule has 6 nitrogen and oxygen atoms in total. The van der Waals surface area contributed by atoms with Crippen molar-refractivity contribution in [1.29, 1.82) is 0 Å². The monoisotopic (exact) mass is 333 g/mol. The first-order valence-electron chi connectivity index (χ1n) is 7.61. The molecule has 1 fully saturated rings. The lowest BCUT2D eigenvalue weighted by atomic mass is 10.2. The second kappa shape index (κ2) is 7.06. The van der Waals surface area contributed by atoms with Crippen molar-refractivity contribution in [3.05, 3.63) is 50.3 Å². The lowest BCUT2D eigenvalue weighted by molar-refractivity contribution is -0.139. The van der Waals surface area contributed by atoms with Gasteiger partial charge in [0.2, 0.25) is 5.91 Å². The van der Waals surface area contributed by atoms with Gasteiger partial charge in [-0.3, -0.25) is 9.59 Å². The molecule has 122 valence electrons. The maximum absolute atomic E-state index is 12.4. The summed E-state index contributed by atoms with van der Waals surface area (Å²) in [5.74, 6) is 0.604. The van der Waals surface area contributed by atoms with Gasteiger partial charge in [0.15, 0.2) is 0 Å². The molecule has 3 heterocycles. The molecule has 3 rings (SSSR count). The molecule has 1 aliphatic heterocycles. The molecule has 2 aromatic heterocycles. The fourth-order valence-electron chi connectivity index (χ4n) is 2.64. The normalized spacial score (nSPS) is 18.1. The smallest absolute Gasteiger partial charge is 0.251 e. The average molecular weight is 333 g/mol. The molecule has 1 saturated heterocycles. The SMILES string of the molecule is Cc1cc(=O)[nH]c([C@@H]2CN(C(=O)CCc3cccs3)CCO2)n1. The number of nitrogens with one attached hydrogen (secondary N) is 1. The lowest BCUT2D eigenvalue weighted by Gasteiger charge is -2.32. The lowest BCUT2D eigenvalue weighted by Crippen LogP contribution is -2.43. The van der Waals surface area contributed by atoms with Crippen LogP contribution < -0.4 is 5.56 Å². The van der Waals surface area contributed by atoms with Crippen molar-refractivity contribution in [2.45, 2.75) is 25.9 Å². The van der Waals surface area contributed by atoms with E-state index < -0.39 is 0 Å². The van der Waals surface area contributed by atoms with E-state index >= 15 is 0 Å². The highest BCUT2D eigenvalue weighted by Crippen LogP contribution is 2.20. The number of carbonyl (C=O) groups is 1. The quantitative estimate of drug-likeness (QED) is 0.923. The topological polar surface area (TPSA) is 75.3 Å². The molecule has 0 bridgehead atoms. The molecular weight excluding hydrogens is 314 g/mol. The number of carbonyl (C=O) groups excluding carboxylic acids is 1. The first-order valence-corrected chi connectivity index (χ1v) is 8.49. The van der Waals surface area contributed by atoms with Crippen LogP contribution in [0.5, 0.6) is 0 Å². The minimum Gasteiger partial charge on any atom is -0.367 e. The minimum absolute atomic E-state index is 0.113. The van der Waals surface area contributed by atoms with Crippen LogP contribution in [0.25, 0.3) is 0 Å². The Kier molecular flexibility index (Phi) is 4.88. The van der Waals surface area contributed by atoms with Crippen LogP contribution in [0.1, 0.15) is 28.9 Å². The molecule has 0 saturated carbocycles. The van der Waals surface area contributed by atoms with Crippen LogP contribution in [0.2, 0.25) is 0 Å². The number of amides is 1. The van der Waals surface area contributed by atoms with Crippen LogP contribution in [0.3, 0.4) is 0 Å². The summed E-state index contributed by atoms with van der Waals surface area (Å²) in [6.45, 7) is 3.23. The number of morpholine rings is 1. The molecule has 7 heteroatoms. The fourth-order valence-corrected chi connectivity index (χ4v) is 3.35. The fraction of sp³-hybridized carbons (Fsp3) is 0.438. The van der Waals surface area contributed by atoms with E-state index in [0.717, 1.165) is 6.42 Å². The van der Waals surface area contributed by atoms with Crippen LogP contribution in [-0.2, 0) is 16.0 Å². The van der Waals surface area contributed by atoms with E-state index in [2.05, 4.69) is 9.97 Å². The van der Waals surface area contributed by atoms with Gasteiger partial charge in [0.25, 0.3) is 5.56 Å². The van der Waals surface area contributed by atoms with Crippen LogP contribution in [0.15, 0.2) is 28.4 Å². The van der Waals surface area contributed by atoms with E-state index in [1.165, 1.54) is 10.9 Å². The molecule has 1 atom stereocenters. The van der Waals surface area contributed by atoms with Crippen molar-refractivity contribution in [3.63, 3.8) is 0 Å². The van der Waals surface area contributed by atoms with Crippen molar-refractivity contribution in [2.75, 3.05) is 19.7 Å². The predicted octanol–water partition coefficient (Wildman–Crippen LogP) is 1.67. The Morgan fingerprint density at radius 3 is 3.17 bits per heavy atom. The summed E-state index contributed by atoms with van der Waals surface area (Å²) in [6, 6.07) is 5.48. The molecule has 0 aromatic carbocycles. The summed E-state index contributed by atoms with van der Waals surface area (Å²) in [5, 5.41) is 2.02. The molecular formula is C16H19N3O3S. The number of hydrogen-bond acceptors (Lipinski definition) is 5. The van der Waals surface area contributed by atoms with E-state index in [0.29, 0.717) is 37.6 Å². The van der Waals surface area contributed by atoms with Gasteiger partial charge in [-0.25, -0.2) is 4.98 Å². The van der Waals surface area contributed by atoms with Gasteiger partial charge in [0.05, 0.1) is 13.2 Å². The molecule has 2 aromatic rings. The van der Waals surface area contributed by atoms with Gasteiger partial charge in [-0.15, -0.1) is 11.3 Å². The molecule has 0 spiro atoms. The highest BCUT2D eigenvalue weighted by Gasteiger charge is 2.26. The van der Waals surface area contributed by atoms with E-state index in [1.54, 1.807) is 23.2 Å². The van der Waals surface area contributed by atoms with E-state index in [1.807, 2.05) is 17.5 Å². The zero-order valence-corrected chi connectivity index (χ0v) is 13.8. The Balaban J connectivity index is 1.63. The first-order chi connectivity index (χ1) is 11.1. The predicted molar refractivity (Wildman–Crippen MR) is 87.5 cm³/mol. The van der Waals surface area contributed by atoms with E-state index in [4.69, 9.17) is 4.74 Å². The highest BCUT2D eigenvalue weighted by molar-refractivity contribution is 7.09. The van der Waals surface area contributed by atoms with Crippen molar-refractivity contribution in [1.82, 2.24) is 14.9 Å². The number of aromatic nitrogens is 2. The Labute approximate surface area is 138 Å². The standard InChI is InChI=1S/C16H19N3O3S/c1-11-9-14(20)18-16(17-11)13-10-19(6-7-22-13)15(21)5-4-12-3-2-8-23-12/h2-3,8-9,13H,4-7,10H2,1H3,(H,17,18,20)/t13-/m0/s1. The maximum Gasteiger partial charge on any atom is 0.251 e. The second-order valence-electron chi connectivity index (χ2n) is 5.55. The Morgan fingerprint density at radius 2 is 2.43 bits per heavy atom. The summed E-state index contributed by atoms with van der Waals surface area (Å²) in [4.78, 5) is 34.0. The van der Waals surface area contributed by atoms with Crippen LogP contribution in [-0.4, -0.2) is 40.5 Å². The zero-order valence-electron chi connectivity index (χ0n) is 12.9. The van der Waals surface area contributed by atoms with Gasteiger partial charge in [-0.2, -0.15) is 0 Å². The highest BCUT2D eigenvalue weighted by atomic mass is 32.1. The summed E-state index contributed by atoms with van der Waals surface area (Å²) in [5.41, 5.74) is 0.450. The van der Waals surface area contributed by atoms with Gasteiger partial charge < -0.3 is 14.6 Å². The molecule has 0 aliphatic carbocycles. The number of aryl methyl sites for hydroxylation is 2. The third kappa shape index (κ3) is 4.05. The Bertz CT molecular complexity index is 726. The number of hydrogen-bond donors (Lipinski definition) is 1. The van der Waals surface area contributed by atoms with Gasteiger partial charge in [-0.05, 0) is 24.8 Å². The Hall–Kier alpha value is -1.99. The average Bonchev–Trinajstić information content (AvgIpc) is 3.05.